The number of benzene rings is 1. The zero-order valence-electron chi connectivity index (χ0n) is 9.26. The highest BCUT2D eigenvalue weighted by atomic mass is 16.5. The van der Waals surface area contributed by atoms with Gasteiger partial charge >= 0.3 is 0 Å². The van der Waals surface area contributed by atoms with Gasteiger partial charge in [-0.3, -0.25) is 4.79 Å². The lowest BCUT2D eigenvalue weighted by Gasteiger charge is -2.07. The summed E-state index contributed by atoms with van der Waals surface area (Å²) >= 11 is 0. The molecule has 3 rings (SSSR count). The second-order valence-electron chi connectivity index (χ2n) is 4.76. The number of hydrogen-bond acceptors (Lipinski definition) is 2. The van der Waals surface area contributed by atoms with Gasteiger partial charge in [-0.1, -0.05) is 30.3 Å². The predicted octanol–water partition coefficient (Wildman–Crippen LogP) is 2.54. The van der Waals surface area contributed by atoms with E-state index in [-0.39, 0.29) is 12.0 Å². The van der Waals surface area contributed by atoms with Crippen LogP contribution >= 0.6 is 0 Å². The number of carbonyl (C=O) groups excluding carboxylic acids is 1. The molecule has 0 bridgehead atoms. The van der Waals surface area contributed by atoms with Crippen LogP contribution in [0.25, 0.3) is 0 Å². The van der Waals surface area contributed by atoms with Crippen molar-refractivity contribution >= 4 is 5.78 Å². The van der Waals surface area contributed by atoms with Gasteiger partial charge in [0.15, 0.2) is 5.78 Å². The van der Waals surface area contributed by atoms with Crippen LogP contribution in [-0.2, 0) is 9.53 Å². The van der Waals surface area contributed by atoms with Gasteiger partial charge in [-0.2, -0.15) is 0 Å². The maximum atomic E-state index is 12.1. The Morgan fingerprint density at radius 1 is 1.25 bits per heavy atom. The second kappa shape index (κ2) is 4.02. The zero-order chi connectivity index (χ0) is 11.0. The first-order chi connectivity index (χ1) is 7.86. The summed E-state index contributed by atoms with van der Waals surface area (Å²) in [6.07, 6.45) is 2.89. The van der Waals surface area contributed by atoms with E-state index in [9.17, 15) is 4.79 Å². The Morgan fingerprint density at radius 2 is 2.06 bits per heavy atom. The van der Waals surface area contributed by atoms with Gasteiger partial charge in [-0.15, -0.1) is 0 Å². The molecule has 0 radical (unpaired) electrons. The molecule has 2 nitrogen and oxygen atoms in total. The Labute approximate surface area is 95.6 Å². The van der Waals surface area contributed by atoms with E-state index >= 15 is 0 Å². The van der Waals surface area contributed by atoms with Crippen molar-refractivity contribution in [3.8, 4) is 0 Å². The van der Waals surface area contributed by atoms with Gasteiger partial charge in [0.2, 0.25) is 0 Å². The summed E-state index contributed by atoms with van der Waals surface area (Å²) < 4.78 is 5.45. The van der Waals surface area contributed by atoms with Gasteiger partial charge in [-0.05, 0) is 30.7 Å². The largest absolute Gasteiger partial charge is 0.370 e. The molecule has 1 heterocycles. The minimum atomic E-state index is -0.0984. The zero-order valence-corrected chi connectivity index (χ0v) is 9.26. The van der Waals surface area contributed by atoms with Gasteiger partial charge in [-0.25, -0.2) is 0 Å². The molecule has 2 fully saturated rings. The number of Topliss-reactive ketones (excluding diaryl/α,β-unsaturated/α-hetero) is 1. The molecule has 0 aromatic heterocycles. The van der Waals surface area contributed by atoms with Crippen LogP contribution in [0, 0.1) is 5.92 Å². The molecular weight excluding hydrogens is 200 g/mol. The highest BCUT2D eigenvalue weighted by Gasteiger charge is 2.46. The topological polar surface area (TPSA) is 26.3 Å². The Kier molecular flexibility index (Phi) is 2.52. The lowest BCUT2D eigenvalue weighted by atomic mass is 10.0. The van der Waals surface area contributed by atoms with Crippen molar-refractivity contribution in [1.82, 2.24) is 0 Å². The molecule has 2 aliphatic rings. The maximum Gasteiger partial charge on any atom is 0.165 e. The highest BCUT2D eigenvalue weighted by molar-refractivity contribution is 5.89. The molecule has 1 aliphatic carbocycles. The fraction of sp³-hybridized carbons (Fsp3) is 0.500. The van der Waals surface area contributed by atoms with Crippen LogP contribution in [0.4, 0.5) is 0 Å². The number of ketones is 1. The third-order valence-electron chi connectivity index (χ3n) is 3.63. The Hall–Kier alpha value is -1.15. The minimum absolute atomic E-state index is 0.0984. The summed E-state index contributed by atoms with van der Waals surface area (Å²) in [5.41, 5.74) is 1.30. The van der Waals surface area contributed by atoms with Crippen LogP contribution in [-0.4, -0.2) is 18.5 Å². The van der Waals surface area contributed by atoms with Gasteiger partial charge in [0.05, 0.1) is 0 Å². The first-order valence-corrected chi connectivity index (χ1v) is 6.06. The van der Waals surface area contributed by atoms with E-state index in [4.69, 9.17) is 4.74 Å². The number of rotatable bonds is 3. The molecule has 0 N–H and O–H groups in total. The maximum absolute atomic E-state index is 12.1. The van der Waals surface area contributed by atoms with Crippen LogP contribution in [0.5, 0.6) is 0 Å². The first kappa shape index (κ1) is 10.0. The van der Waals surface area contributed by atoms with E-state index in [1.165, 1.54) is 5.56 Å². The van der Waals surface area contributed by atoms with Crippen molar-refractivity contribution in [2.24, 2.45) is 5.92 Å². The molecule has 1 aromatic rings. The van der Waals surface area contributed by atoms with Crippen molar-refractivity contribution in [3.63, 3.8) is 0 Å². The lowest BCUT2D eigenvalue weighted by molar-refractivity contribution is -0.129. The van der Waals surface area contributed by atoms with Crippen LogP contribution in [0.2, 0.25) is 0 Å². The van der Waals surface area contributed by atoms with Crippen LogP contribution in [0.1, 0.15) is 30.7 Å². The summed E-state index contributed by atoms with van der Waals surface area (Å²) in [6.45, 7) is 0.763. The van der Waals surface area contributed by atoms with E-state index in [1.54, 1.807) is 0 Å². The first-order valence-electron chi connectivity index (χ1n) is 6.06. The minimum Gasteiger partial charge on any atom is -0.370 e. The van der Waals surface area contributed by atoms with Crippen LogP contribution in [0.15, 0.2) is 30.3 Å². The van der Waals surface area contributed by atoms with Crippen molar-refractivity contribution < 1.29 is 9.53 Å². The molecule has 1 aromatic carbocycles. The van der Waals surface area contributed by atoms with Crippen LogP contribution in [0.3, 0.4) is 0 Å². The summed E-state index contributed by atoms with van der Waals surface area (Å²) in [7, 11) is 0. The molecule has 1 saturated heterocycles. The second-order valence-corrected chi connectivity index (χ2v) is 4.76. The molecule has 0 spiro atoms. The normalized spacial score (nSPS) is 32.6. The lowest BCUT2D eigenvalue weighted by Crippen LogP contribution is -2.21. The third-order valence-corrected chi connectivity index (χ3v) is 3.63. The van der Waals surface area contributed by atoms with E-state index < -0.39 is 0 Å². The molecule has 3 unspecified atom stereocenters. The average Bonchev–Trinajstić information content (AvgIpc) is 2.95. The predicted molar refractivity (Wildman–Crippen MR) is 61.3 cm³/mol. The smallest absolute Gasteiger partial charge is 0.165 e. The van der Waals surface area contributed by atoms with E-state index in [1.807, 2.05) is 18.2 Å². The fourth-order valence-electron chi connectivity index (χ4n) is 2.62. The van der Waals surface area contributed by atoms with Crippen molar-refractivity contribution in [1.29, 1.82) is 0 Å². The fourth-order valence-corrected chi connectivity index (χ4v) is 2.62. The third kappa shape index (κ3) is 1.78. The van der Waals surface area contributed by atoms with E-state index in [0.29, 0.717) is 11.7 Å². The van der Waals surface area contributed by atoms with Crippen molar-refractivity contribution in [2.45, 2.75) is 31.3 Å². The molecule has 3 atom stereocenters. The molecule has 84 valence electrons. The SMILES string of the molecule is O=C(C1CCCO1)C1CC1c1ccccc1. The van der Waals surface area contributed by atoms with Crippen molar-refractivity contribution in [3.05, 3.63) is 35.9 Å². The number of hydrogen-bond donors (Lipinski definition) is 0. The van der Waals surface area contributed by atoms with Gasteiger partial charge in [0, 0.05) is 12.5 Å². The monoisotopic (exact) mass is 216 g/mol. The number of carbonyl (C=O) groups is 1. The molecule has 0 amide bonds. The van der Waals surface area contributed by atoms with Gasteiger partial charge < -0.3 is 4.74 Å². The van der Waals surface area contributed by atoms with Gasteiger partial charge in [0.25, 0.3) is 0 Å². The van der Waals surface area contributed by atoms with Crippen LogP contribution < -0.4 is 0 Å². The summed E-state index contributed by atoms with van der Waals surface area (Å²) in [5.74, 6) is 1.02. The molecule has 1 aliphatic heterocycles. The molecule has 16 heavy (non-hydrogen) atoms. The summed E-state index contributed by atoms with van der Waals surface area (Å²) in [5, 5.41) is 0. The number of ether oxygens (including phenoxy) is 1. The van der Waals surface area contributed by atoms with E-state index in [0.717, 1.165) is 25.9 Å². The summed E-state index contributed by atoms with van der Waals surface area (Å²) in [6, 6.07) is 10.3. The molecule has 1 saturated carbocycles. The Morgan fingerprint density at radius 3 is 2.75 bits per heavy atom. The van der Waals surface area contributed by atoms with Crippen molar-refractivity contribution in [2.75, 3.05) is 6.61 Å². The highest BCUT2D eigenvalue weighted by Crippen LogP contribution is 2.49. The van der Waals surface area contributed by atoms with Gasteiger partial charge in [0.1, 0.15) is 6.10 Å². The molecule has 2 heteroatoms. The quantitative estimate of drug-likeness (QED) is 0.776. The molecular formula is C14H16O2. The Bertz CT molecular complexity index is 379. The average molecular weight is 216 g/mol. The standard InChI is InChI=1S/C14H16O2/c15-14(13-7-4-8-16-13)12-9-11(12)10-5-2-1-3-6-10/h1-3,5-6,11-13H,4,7-9H2. The summed E-state index contributed by atoms with van der Waals surface area (Å²) in [4.78, 5) is 12.1. The Balaban J connectivity index is 1.65. The van der Waals surface area contributed by atoms with E-state index in [2.05, 4.69) is 12.1 Å².